The van der Waals surface area contributed by atoms with Crippen LogP contribution in [-0.2, 0) is 11.3 Å². The molecule has 130 valence electrons. The van der Waals surface area contributed by atoms with E-state index in [2.05, 4.69) is 18.4 Å². The third kappa shape index (κ3) is 4.47. The van der Waals surface area contributed by atoms with Crippen molar-refractivity contribution in [3.8, 4) is 5.75 Å². The number of thioether (sulfide) groups is 1. The van der Waals surface area contributed by atoms with Crippen LogP contribution < -0.4 is 4.74 Å². The summed E-state index contributed by atoms with van der Waals surface area (Å²) in [7, 11) is 0. The summed E-state index contributed by atoms with van der Waals surface area (Å²) in [6.45, 7) is 6.61. The third-order valence-electron chi connectivity index (χ3n) is 4.23. The molecular formula is C18H23ClN2O2S. The summed E-state index contributed by atoms with van der Waals surface area (Å²) in [5, 5.41) is 1.78. The van der Waals surface area contributed by atoms with Crippen LogP contribution in [0.4, 0.5) is 0 Å². The van der Waals surface area contributed by atoms with Gasteiger partial charge in [-0.2, -0.15) is 0 Å². The van der Waals surface area contributed by atoms with Crippen molar-refractivity contribution in [1.29, 1.82) is 0 Å². The van der Waals surface area contributed by atoms with Gasteiger partial charge in [0.05, 0.1) is 24.9 Å². The van der Waals surface area contributed by atoms with Crippen molar-refractivity contribution in [2.75, 3.05) is 19.0 Å². The molecule has 1 aromatic carbocycles. The van der Waals surface area contributed by atoms with Crippen molar-refractivity contribution in [3.05, 3.63) is 40.7 Å². The van der Waals surface area contributed by atoms with Crippen LogP contribution in [0.15, 0.2) is 29.4 Å². The van der Waals surface area contributed by atoms with Gasteiger partial charge < -0.3 is 14.0 Å². The van der Waals surface area contributed by atoms with Crippen LogP contribution >= 0.6 is 23.4 Å². The van der Waals surface area contributed by atoms with Crippen LogP contribution in [0.2, 0.25) is 5.02 Å². The Balaban J connectivity index is 1.54. The molecule has 1 saturated heterocycles. The fourth-order valence-corrected chi connectivity index (χ4v) is 3.81. The smallest absolute Gasteiger partial charge is 0.168 e. The van der Waals surface area contributed by atoms with Gasteiger partial charge in [0.15, 0.2) is 5.16 Å². The first kappa shape index (κ1) is 17.6. The first-order chi connectivity index (χ1) is 11.6. The Hall–Kier alpha value is -1.17. The summed E-state index contributed by atoms with van der Waals surface area (Å²) in [5.41, 5.74) is 2.32. The van der Waals surface area contributed by atoms with Crippen molar-refractivity contribution in [2.24, 2.45) is 0 Å². The Kier molecular flexibility index (Phi) is 6.09. The van der Waals surface area contributed by atoms with Crippen LogP contribution in [0, 0.1) is 13.8 Å². The number of hydrogen-bond donors (Lipinski definition) is 0. The number of rotatable bonds is 7. The minimum Gasteiger partial charge on any atom is -0.493 e. The lowest BCUT2D eigenvalue weighted by Crippen LogP contribution is -2.17. The van der Waals surface area contributed by atoms with Gasteiger partial charge in [-0.25, -0.2) is 4.98 Å². The van der Waals surface area contributed by atoms with Gasteiger partial charge in [-0.3, -0.25) is 0 Å². The Labute approximate surface area is 152 Å². The molecule has 2 aromatic rings. The topological polar surface area (TPSA) is 36.3 Å². The number of aryl methyl sites for hydroxylation is 1. The first-order valence-corrected chi connectivity index (χ1v) is 9.66. The predicted molar refractivity (Wildman–Crippen MR) is 98.3 cm³/mol. The Morgan fingerprint density at radius 2 is 2.12 bits per heavy atom. The average molecular weight is 367 g/mol. The maximum atomic E-state index is 5.88. The van der Waals surface area contributed by atoms with E-state index in [0.717, 1.165) is 53.4 Å². The highest BCUT2D eigenvalue weighted by Gasteiger charge is 2.20. The molecule has 0 radical (unpaired) electrons. The van der Waals surface area contributed by atoms with E-state index in [0.29, 0.717) is 12.7 Å². The molecule has 0 amide bonds. The molecule has 6 heteroatoms. The Bertz CT molecular complexity index is 666. The van der Waals surface area contributed by atoms with Gasteiger partial charge in [0.2, 0.25) is 0 Å². The van der Waals surface area contributed by atoms with E-state index in [1.165, 1.54) is 5.69 Å². The molecule has 0 unspecified atom stereocenters. The van der Waals surface area contributed by atoms with E-state index >= 15 is 0 Å². The summed E-state index contributed by atoms with van der Waals surface area (Å²) in [4.78, 5) is 4.71. The number of nitrogens with zero attached hydrogens (tertiary/aromatic N) is 2. The van der Waals surface area contributed by atoms with Crippen molar-refractivity contribution in [2.45, 2.75) is 44.5 Å². The maximum absolute atomic E-state index is 5.88. The molecule has 0 aliphatic carbocycles. The second kappa shape index (κ2) is 8.28. The first-order valence-electron chi connectivity index (χ1n) is 8.30. The van der Waals surface area contributed by atoms with Gasteiger partial charge in [-0.15, -0.1) is 0 Å². The standard InChI is InChI=1S/C18H23ClN2O2S/c1-13-14(2)21(12-17-4-3-9-22-17)18(20-13)24-11-10-23-16-7-5-15(19)6-8-16/h5-8,17H,3-4,9-12H2,1-2H3/t17-/m0/s1. The molecule has 0 spiro atoms. The largest absolute Gasteiger partial charge is 0.493 e. The minimum absolute atomic E-state index is 0.321. The van der Waals surface area contributed by atoms with E-state index in [4.69, 9.17) is 26.1 Å². The van der Waals surface area contributed by atoms with Gasteiger partial charge in [-0.05, 0) is 51.0 Å². The minimum atomic E-state index is 0.321. The molecule has 0 bridgehead atoms. The molecule has 2 heterocycles. The van der Waals surface area contributed by atoms with E-state index in [-0.39, 0.29) is 0 Å². The van der Waals surface area contributed by atoms with Gasteiger partial charge in [0.1, 0.15) is 5.75 Å². The van der Waals surface area contributed by atoms with Gasteiger partial charge in [0.25, 0.3) is 0 Å². The maximum Gasteiger partial charge on any atom is 0.168 e. The fourth-order valence-electron chi connectivity index (χ4n) is 2.76. The normalized spacial score (nSPS) is 17.4. The quantitative estimate of drug-likeness (QED) is 0.533. The number of imidazole rings is 1. The SMILES string of the molecule is Cc1nc(SCCOc2ccc(Cl)cc2)n(C[C@@H]2CCCO2)c1C. The number of benzene rings is 1. The summed E-state index contributed by atoms with van der Waals surface area (Å²) >= 11 is 7.61. The number of ether oxygens (including phenoxy) is 2. The molecule has 1 fully saturated rings. The molecule has 3 rings (SSSR count). The molecule has 1 aliphatic heterocycles. The second-order valence-electron chi connectivity index (χ2n) is 5.96. The molecule has 0 saturated carbocycles. The number of halogens is 1. The van der Waals surface area contributed by atoms with Crippen molar-refractivity contribution >= 4 is 23.4 Å². The molecule has 1 aliphatic rings. The van der Waals surface area contributed by atoms with E-state index in [1.54, 1.807) is 11.8 Å². The van der Waals surface area contributed by atoms with Gasteiger partial charge in [-0.1, -0.05) is 23.4 Å². The molecular weight excluding hydrogens is 344 g/mol. The lowest BCUT2D eigenvalue weighted by atomic mass is 10.2. The van der Waals surface area contributed by atoms with Crippen LogP contribution in [0.1, 0.15) is 24.2 Å². The van der Waals surface area contributed by atoms with Gasteiger partial charge >= 0.3 is 0 Å². The van der Waals surface area contributed by atoms with Crippen LogP contribution in [0.3, 0.4) is 0 Å². The van der Waals surface area contributed by atoms with Crippen molar-refractivity contribution in [1.82, 2.24) is 9.55 Å². The molecule has 0 N–H and O–H groups in total. The lowest BCUT2D eigenvalue weighted by Gasteiger charge is -2.14. The van der Waals surface area contributed by atoms with Crippen LogP contribution in [0.5, 0.6) is 5.75 Å². The zero-order valence-electron chi connectivity index (χ0n) is 14.1. The summed E-state index contributed by atoms with van der Waals surface area (Å²) in [5.74, 6) is 1.69. The Morgan fingerprint density at radius 3 is 2.83 bits per heavy atom. The van der Waals surface area contributed by atoms with E-state index < -0.39 is 0 Å². The highest BCUT2D eigenvalue weighted by atomic mass is 35.5. The fraction of sp³-hybridized carbons (Fsp3) is 0.500. The number of aromatic nitrogens is 2. The summed E-state index contributed by atoms with van der Waals surface area (Å²) < 4.78 is 13.8. The summed E-state index contributed by atoms with van der Waals surface area (Å²) in [6, 6.07) is 7.45. The van der Waals surface area contributed by atoms with Crippen molar-refractivity contribution < 1.29 is 9.47 Å². The molecule has 24 heavy (non-hydrogen) atoms. The van der Waals surface area contributed by atoms with Crippen LogP contribution in [-0.4, -0.2) is 34.6 Å². The molecule has 1 aromatic heterocycles. The van der Waals surface area contributed by atoms with E-state index in [9.17, 15) is 0 Å². The zero-order valence-corrected chi connectivity index (χ0v) is 15.7. The van der Waals surface area contributed by atoms with E-state index in [1.807, 2.05) is 24.3 Å². The second-order valence-corrected chi connectivity index (χ2v) is 7.46. The molecule has 4 nitrogen and oxygen atoms in total. The Morgan fingerprint density at radius 1 is 1.33 bits per heavy atom. The highest BCUT2D eigenvalue weighted by Crippen LogP contribution is 2.24. The van der Waals surface area contributed by atoms with Crippen LogP contribution in [0.25, 0.3) is 0 Å². The highest BCUT2D eigenvalue weighted by molar-refractivity contribution is 7.99. The average Bonchev–Trinajstić information content (AvgIpc) is 3.18. The summed E-state index contributed by atoms with van der Waals surface area (Å²) in [6.07, 6.45) is 2.62. The molecule has 1 atom stereocenters. The number of hydrogen-bond acceptors (Lipinski definition) is 4. The lowest BCUT2D eigenvalue weighted by molar-refractivity contribution is 0.0945. The third-order valence-corrected chi connectivity index (χ3v) is 5.42. The van der Waals surface area contributed by atoms with Crippen molar-refractivity contribution in [3.63, 3.8) is 0 Å². The zero-order chi connectivity index (χ0) is 16.9. The predicted octanol–water partition coefficient (Wildman–Crippen LogP) is 4.50. The van der Waals surface area contributed by atoms with Gasteiger partial charge in [0, 0.05) is 23.1 Å². The monoisotopic (exact) mass is 366 g/mol.